The van der Waals surface area contributed by atoms with Gasteiger partial charge in [0.1, 0.15) is 6.10 Å². The Morgan fingerprint density at radius 1 is 1.23 bits per heavy atom. The minimum absolute atomic E-state index is 0.182. The molecule has 0 aliphatic carbocycles. The van der Waals surface area contributed by atoms with Crippen molar-refractivity contribution in [3.8, 4) is 5.88 Å². The molecular weight excluding hydrogens is 281 g/mol. The fourth-order valence-electron chi connectivity index (χ4n) is 1.86. The Labute approximate surface area is 133 Å². The second-order valence-corrected chi connectivity index (χ2v) is 6.66. The molecule has 0 aromatic carbocycles. The van der Waals surface area contributed by atoms with Crippen molar-refractivity contribution in [1.82, 2.24) is 4.98 Å². The van der Waals surface area contributed by atoms with Crippen molar-refractivity contribution in [1.29, 1.82) is 0 Å². The van der Waals surface area contributed by atoms with Crippen LogP contribution in [0, 0.1) is 0 Å². The van der Waals surface area contributed by atoms with Gasteiger partial charge in [0.05, 0.1) is 24.4 Å². The zero-order valence-electron chi connectivity index (χ0n) is 13.8. The van der Waals surface area contributed by atoms with Crippen molar-refractivity contribution in [2.75, 3.05) is 13.2 Å². The normalized spacial score (nSPS) is 17.3. The number of aliphatic hydroxyl groups is 1. The van der Waals surface area contributed by atoms with Gasteiger partial charge in [0.25, 0.3) is 0 Å². The van der Waals surface area contributed by atoms with Crippen LogP contribution in [0.5, 0.6) is 5.88 Å². The molecule has 5 nitrogen and oxygen atoms in total. The van der Waals surface area contributed by atoms with E-state index in [0.717, 1.165) is 31.5 Å². The average Bonchev–Trinajstić information content (AvgIpc) is 2.46. The molecular formula is C16H25BNO4. The van der Waals surface area contributed by atoms with E-state index in [-0.39, 0.29) is 6.10 Å². The summed E-state index contributed by atoms with van der Waals surface area (Å²) in [6, 6.07) is 3.73. The highest BCUT2D eigenvalue weighted by atomic mass is 16.5. The van der Waals surface area contributed by atoms with Gasteiger partial charge in [-0.1, -0.05) is 6.07 Å². The lowest BCUT2D eigenvalue weighted by Gasteiger charge is -2.37. The first-order chi connectivity index (χ1) is 10.3. The fourth-order valence-corrected chi connectivity index (χ4v) is 1.86. The maximum Gasteiger partial charge on any atom is 0.332 e. The van der Waals surface area contributed by atoms with Gasteiger partial charge in [0, 0.05) is 19.0 Å². The van der Waals surface area contributed by atoms with E-state index >= 15 is 0 Å². The molecule has 1 saturated heterocycles. The average molecular weight is 306 g/mol. The van der Waals surface area contributed by atoms with E-state index in [0.29, 0.717) is 5.88 Å². The maximum atomic E-state index is 10.1. The standard InChI is InChI=1S/C16H25BNO4/c1-15(2,19)16(3,4)22-17-12-5-6-14(18-11-12)21-13-7-9-20-10-8-13/h5-6,11,13,19H,7-10H2,1-4H3. The van der Waals surface area contributed by atoms with Gasteiger partial charge in [-0.15, -0.1) is 0 Å². The van der Waals surface area contributed by atoms with Gasteiger partial charge >= 0.3 is 7.48 Å². The van der Waals surface area contributed by atoms with Crippen molar-refractivity contribution >= 4 is 12.9 Å². The lowest BCUT2D eigenvalue weighted by Crippen LogP contribution is -2.49. The molecule has 1 N–H and O–H groups in total. The summed E-state index contributed by atoms with van der Waals surface area (Å²) in [5.41, 5.74) is -0.801. The Kier molecular flexibility index (Phi) is 5.48. The highest BCUT2D eigenvalue weighted by Gasteiger charge is 2.35. The molecule has 1 aromatic heterocycles. The number of pyridine rings is 1. The van der Waals surface area contributed by atoms with Crippen molar-refractivity contribution < 1.29 is 19.2 Å². The van der Waals surface area contributed by atoms with Crippen LogP contribution in [0.2, 0.25) is 0 Å². The third-order valence-electron chi connectivity index (χ3n) is 4.18. The number of hydrogen-bond donors (Lipinski definition) is 1. The van der Waals surface area contributed by atoms with E-state index < -0.39 is 11.2 Å². The second kappa shape index (κ2) is 6.98. The Morgan fingerprint density at radius 3 is 2.45 bits per heavy atom. The minimum atomic E-state index is -0.941. The van der Waals surface area contributed by atoms with Crippen LogP contribution in [-0.2, 0) is 9.39 Å². The maximum absolute atomic E-state index is 10.1. The van der Waals surface area contributed by atoms with Crippen LogP contribution in [0.1, 0.15) is 40.5 Å². The fraction of sp³-hybridized carbons (Fsp3) is 0.688. The monoisotopic (exact) mass is 306 g/mol. The summed E-state index contributed by atoms with van der Waals surface area (Å²) in [4.78, 5) is 4.30. The summed E-state index contributed by atoms with van der Waals surface area (Å²) < 4.78 is 16.8. The zero-order chi connectivity index (χ0) is 16.2. The van der Waals surface area contributed by atoms with Crippen molar-refractivity contribution in [3.63, 3.8) is 0 Å². The first-order valence-corrected chi connectivity index (χ1v) is 7.72. The van der Waals surface area contributed by atoms with E-state index in [4.69, 9.17) is 14.1 Å². The molecule has 0 bridgehead atoms. The predicted molar refractivity (Wildman–Crippen MR) is 85.6 cm³/mol. The van der Waals surface area contributed by atoms with Crippen LogP contribution in [0.25, 0.3) is 0 Å². The topological polar surface area (TPSA) is 60.8 Å². The summed E-state index contributed by atoms with van der Waals surface area (Å²) >= 11 is 0. The lowest BCUT2D eigenvalue weighted by atomic mass is 9.83. The summed E-state index contributed by atoms with van der Waals surface area (Å²) in [5.74, 6) is 0.616. The Hall–Kier alpha value is -1.11. The van der Waals surface area contributed by atoms with Gasteiger partial charge in [-0.05, 0) is 39.2 Å². The largest absolute Gasteiger partial charge is 0.474 e. The van der Waals surface area contributed by atoms with Crippen LogP contribution < -0.4 is 10.2 Å². The van der Waals surface area contributed by atoms with E-state index in [9.17, 15) is 5.11 Å². The van der Waals surface area contributed by atoms with Crippen LogP contribution in [0.15, 0.2) is 18.3 Å². The summed E-state index contributed by atoms with van der Waals surface area (Å²) in [6.45, 7) is 8.64. The smallest absolute Gasteiger partial charge is 0.332 e. The summed E-state index contributed by atoms with van der Waals surface area (Å²) in [6.07, 6.45) is 3.69. The van der Waals surface area contributed by atoms with Crippen molar-refractivity contribution in [2.45, 2.75) is 57.8 Å². The lowest BCUT2D eigenvalue weighted by molar-refractivity contribution is -0.0893. The van der Waals surface area contributed by atoms with E-state index in [1.165, 1.54) is 0 Å². The van der Waals surface area contributed by atoms with Gasteiger partial charge in [-0.3, -0.25) is 0 Å². The number of ether oxygens (including phenoxy) is 2. The molecule has 1 fully saturated rings. The van der Waals surface area contributed by atoms with Gasteiger partial charge < -0.3 is 19.2 Å². The number of nitrogens with zero attached hydrogens (tertiary/aromatic N) is 1. The molecule has 1 aliphatic rings. The first-order valence-electron chi connectivity index (χ1n) is 7.72. The Balaban J connectivity index is 1.86. The van der Waals surface area contributed by atoms with E-state index in [2.05, 4.69) is 4.98 Å². The molecule has 0 unspecified atom stereocenters. The number of rotatable bonds is 6. The molecule has 0 amide bonds. The molecule has 2 heterocycles. The highest BCUT2D eigenvalue weighted by Crippen LogP contribution is 2.24. The van der Waals surface area contributed by atoms with Gasteiger partial charge in [-0.25, -0.2) is 4.98 Å². The van der Waals surface area contributed by atoms with E-state index in [1.807, 2.05) is 26.0 Å². The molecule has 0 atom stereocenters. The number of aromatic nitrogens is 1. The van der Waals surface area contributed by atoms with Crippen molar-refractivity contribution in [3.05, 3.63) is 18.3 Å². The molecule has 121 valence electrons. The van der Waals surface area contributed by atoms with Crippen LogP contribution in [-0.4, -0.2) is 48.1 Å². The second-order valence-electron chi connectivity index (χ2n) is 6.66. The molecule has 0 saturated carbocycles. The first kappa shape index (κ1) is 17.3. The third-order valence-corrected chi connectivity index (χ3v) is 4.18. The zero-order valence-corrected chi connectivity index (χ0v) is 13.8. The Morgan fingerprint density at radius 2 is 1.91 bits per heavy atom. The van der Waals surface area contributed by atoms with Crippen LogP contribution in [0.4, 0.5) is 0 Å². The van der Waals surface area contributed by atoms with Crippen LogP contribution >= 0.6 is 0 Å². The number of hydrogen-bond acceptors (Lipinski definition) is 5. The Bertz CT molecular complexity index is 464. The third kappa shape index (κ3) is 4.70. The van der Waals surface area contributed by atoms with Crippen LogP contribution in [0.3, 0.4) is 0 Å². The molecule has 1 radical (unpaired) electrons. The van der Waals surface area contributed by atoms with E-state index in [1.54, 1.807) is 27.5 Å². The molecule has 1 aliphatic heterocycles. The molecule has 2 rings (SSSR count). The predicted octanol–water partition coefficient (Wildman–Crippen LogP) is 1.45. The molecule has 22 heavy (non-hydrogen) atoms. The molecule has 0 spiro atoms. The van der Waals surface area contributed by atoms with Gasteiger partial charge in [0.15, 0.2) is 0 Å². The summed E-state index contributed by atoms with van der Waals surface area (Å²) in [5, 5.41) is 10.1. The molecule has 6 heteroatoms. The quantitative estimate of drug-likeness (QED) is 0.806. The van der Waals surface area contributed by atoms with Crippen molar-refractivity contribution in [2.24, 2.45) is 0 Å². The minimum Gasteiger partial charge on any atom is -0.474 e. The highest BCUT2D eigenvalue weighted by molar-refractivity contribution is 6.46. The van der Waals surface area contributed by atoms with Gasteiger partial charge in [-0.2, -0.15) is 0 Å². The SMILES string of the molecule is CC(C)(O)C(C)(C)O[B]c1ccc(OC2CCOCC2)nc1. The van der Waals surface area contributed by atoms with Gasteiger partial charge in [0.2, 0.25) is 5.88 Å². The summed E-state index contributed by atoms with van der Waals surface area (Å²) in [7, 11) is 1.61. The molecule has 1 aromatic rings.